The molecule has 180 valence electrons. The molecule has 0 atom stereocenters. The van der Waals surface area contributed by atoms with Crippen LogP contribution in [0.15, 0.2) is 18.2 Å². The van der Waals surface area contributed by atoms with E-state index >= 15 is 0 Å². The van der Waals surface area contributed by atoms with Gasteiger partial charge < -0.3 is 25.8 Å². The molecule has 1 aromatic carbocycles. The topological polar surface area (TPSA) is 144 Å². The number of amides is 1. The van der Waals surface area contributed by atoms with E-state index < -0.39 is 0 Å². The first kappa shape index (κ1) is 22.5. The molecule has 10 nitrogen and oxygen atoms in total. The summed E-state index contributed by atoms with van der Waals surface area (Å²) in [6.07, 6.45) is 3.30. The summed E-state index contributed by atoms with van der Waals surface area (Å²) in [5.74, 6) is 2.41. The van der Waals surface area contributed by atoms with Crippen LogP contribution in [0.5, 0.6) is 11.5 Å². The quantitative estimate of drug-likeness (QED) is 0.571. The van der Waals surface area contributed by atoms with Crippen LogP contribution in [-0.4, -0.2) is 43.2 Å². The highest BCUT2D eigenvalue weighted by atomic mass is 16.5. The fourth-order valence-corrected chi connectivity index (χ4v) is 5.02. The highest BCUT2D eigenvalue weighted by Crippen LogP contribution is 2.42. The van der Waals surface area contributed by atoms with Gasteiger partial charge in [0.05, 0.1) is 32.6 Å². The van der Waals surface area contributed by atoms with Crippen molar-refractivity contribution in [2.45, 2.75) is 32.2 Å². The molecule has 0 radical (unpaired) electrons. The summed E-state index contributed by atoms with van der Waals surface area (Å²) >= 11 is 0. The molecule has 0 saturated carbocycles. The number of nitrogens with two attached hydrogens (primary N) is 2. The zero-order valence-corrected chi connectivity index (χ0v) is 19.8. The van der Waals surface area contributed by atoms with Crippen molar-refractivity contribution in [1.82, 2.24) is 9.97 Å². The molecule has 35 heavy (non-hydrogen) atoms. The maximum Gasteiger partial charge on any atom is 0.233 e. The number of aromatic nitrogens is 2. The van der Waals surface area contributed by atoms with Gasteiger partial charge in [0, 0.05) is 24.0 Å². The van der Waals surface area contributed by atoms with Crippen molar-refractivity contribution >= 4 is 40.0 Å². The van der Waals surface area contributed by atoms with Gasteiger partial charge in [-0.3, -0.25) is 9.69 Å². The standard InChI is InChI=1S/C25H27N7O3/c1-34-17-7-6-14(10-18(17)35-2)13-32-19(33)11-15-20-16(12-26)24(31-8-4-3-5-9-31)29-22(27)21(20)23(28)30-25(15)32/h6-7,10H,3-5,8-9,11,13H2,1-2H3,(H2,27,29)(H2,28,30). The highest BCUT2D eigenvalue weighted by Gasteiger charge is 2.34. The highest BCUT2D eigenvalue weighted by molar-refractivity contribution is 6.13. The van der Waals surface area contributed by atoms with E-state index in [4.69, 9.17) is 20.9 Å². The number of methoxy groups -OCH3 is 2. The van der Waals surface area contributed by atoms with Crippen LogP contribution in [0.4, 0.5) is 23.3 Å². The summed E-state index contributed by atoms with van der Waals surface area (Å²) < 4.78 is 10.7. The molecular formula is C25H27N7O3. The predicted octanol–water partition coefficient (Wildman–Crippen LogP) is 2.76. The molecule has 2 aliphatic rings. The minimum atomic E-state index is -0.131. The second kappa shape index (κ2) is 8.83. The summed E-state index contributed by atoms with van der Waals surface area (Å²) in [6, 6.07) is 7.81. The van der Waals surface area contributed by atoms with Crippen LogP contribution in [-0.2, 0) is 17.8 Å². The molecule has 1 saturated heterocycles. The van der Waals surface area contributed by atoms with E-state index in [2.05, 4.69) is 20.9 Å². The van der Waals surface area contributed by atoms with Crippen LogP contribution in [0, 0.1) is 11.3 Å². The molecule has 10 heteroatoms. The van der Waals surface area contributed by atoms with Crippen molar-refractivity contribution in [3.8, 4) is 17.6 Å². The molecule has 0 unspecified atom stereocenters. The van der Waals surface area contributed by atoms with E-state index in [1.54, 1.807) is 25.2 Å². The number of pyridine rings is 2. The van der Waals surface area contributed by atoms with Crippen LogP contribution in [0.3, 0.4) is 0 Å². The second-order valence-corrected chi connectivity index (χ2v) is 8.75. The monoisotopic (exact) mass is 473 g/mol. The third-order valence-electron chi connectivity index (χ3n) is 6.70. The number of fused-ring (bicyclic) bond motifs is 3. The Morgan fingerprint density at radius 2 is 1.69 bits per heavy atom. The van der Waals surface area contributed by atoms with Crippen LogP contribution >= 0.6 is 0 Å². The lowest BCUT2D eigenvalue weighted by atomic mass is 9.99. The van der Waals surface area contributed by atoms with E-state index in [0.717, 1.165) is 37.9 Å². The number of hydrogen-bond donors (Lipinski definition) is 2. The predicted molar refractivity (Wildman–Crippen MR) is 134 cm³/mol. The molecule has 2 aromatic heterocycles. The Bertz CT molecular complexity index is 1380. The number of hydrogen-bond acceptors (Lipinski definition) is 9. The Morgan fingerprint density at radius 1 is 1.00 bits per heavy atom. The van der Waals surface area contributed by atoms with Gasteiger partial charge in [0.15, 0.2) is 11.5 Å². The minimum absolute atomic E-state index is 0.101. The van der Waals surface area contributed by atoms with Gasteiger partial charge in [-0.05, 0) is 37.0 Å². The number of ether oxygens (including phenoxy) is 2. The number of carbonyl (C=O) groups excluding carboxylic acids is 1. The van der Waals surface area contributed by atoms with E-state index in [0.29, 0.717) is 45.0 Å². The van der Waals surface area contributed by atoms with E-state index in [1.807, 2.05) is 12.1 Å². The van der Waals surface area contributed by atoms with Gasteiger partial charge in [-0.15, -0.1) is 0 Å². The molecule has 4 N–H and O–H groups in total. The number of nitrogen functional groups attached to an aromatic ring is 2. The molecule has 4 heterocycles. The first-order valence-electron chi connectivity index (χ1n) is 11.5. The third kappa shape index (κ3) is 3.69. The number of carbonyl (C=O) groups is 1. The van der Waals surface area contributed by atoms with E-state index in [1.165, 1.54) is 0 Å². The minimum Gasteiger partial charge on any atom is -0.493 e. The fourth-order valence-electron chi connectivity index (χ4n) is 5.02. The van der Waals surface area contributed by atoms with Crippen molar-refractivity contribution in [2.24, 2.45) is 0 Å². The molecule has 1 fully saturated rings. The maximum absolute atomic E-state index is 13.2. The number of anilines is 4. The van der Waals surface area contributed by atoms with Gasteiger partial charge in [-0.2, -0.15) is 5.26 Å². The Balaban J connectivity index is 1.65. The number of benzene rings is 1. The number of nitriles is 1. The van der Waals surface area contributed by atoms with Gasteiger partial charge in [0.1, 0.15) is 34.9 Å². The van der Waals surface area contributed by atoms with Crippen molar-refractivity contribution < 1.29 is 14.3 Å². The molecule has 0 spiro atoms. The third-order valence-corrected chi connectivity index (χ3v) is 6.70. The molecule has 0 bridgehead atoms. The number of nitrogens with zero attached hydrogens (tertiary/aromatic N) is 5. The summed E-state index contributed by atoms with van der Waals surface area (Å²) in [6.45, 7) is 1.88. The zero-order valence-electron chi connectivity index (χ0n) is 19.8. The molecule has 5 rings (SSSR count). The summed E-state index contributed by atoms with van der Waals surface area (Å²) in [5, 5.41) is 11.2. The van der Waals surface area contributed by atoms with Gasteiger partial charge in [0.25, 0.3) is 0 Å². The lowest BCUT2D eigenvalue weighted by Gasteiger charge is -2.29. The number of piperidine rings is 1. The molecule has 2 aliphatic heterocycles. The lowest BCUT2D eigenvalue weighted by Crippen LogP contribution is -2.31. The molecular weight excluding hydrogens is 446 g/mol. The molecule has 3 aromatic rings. The smallest absolute Gasteiger partial charge is 0.233 e. The van der Waals surface area contributed by atoms with Gasteiger partial charge in [-0.25, -0.2) is 9.97 Å². The maximum atomic E-state index is 13.2. The van der Waals surface area contributed by atoms with Gasteiger partial charge >= 0.3 is 0 Å². The lowest BCUT2D eigenvalue weighted by molar-refractivity contribution is -0.117. The van der Waals surface area contributed by atoms with E-state index in [-0.39, 0.29) is 30.5 Å². The normalized spacial score (nSPS) is 15.3. The Hall–Kier alpha value is -4.26. The van der Waals surface area contributed by atoms with Gasteiger partial charge in [-0.1, -0.05) is 6.07 Å². The van der Waals surface area contributed by atoms with Crippen molar-refractivity contribution in [2.75, 3.05) is 48.6 Å². The summed E-state index contributed by atoms with van der Waals surface area (Å²) in [4.78, 5) is 26.0. The Morgan fingerprint density at radius 3 is 2.34 bits per heavy atom. The van der Waals surface area contributed by atoms with Crippen molar-refractivity contribution in [3.63, 3.8) is 0 Å². The first-order chi connectivity index (χ1) is 17.0. The second-order valence-electron chi connectivity index (χ2n) is 8.75. The Kier molecular flexibility index (Phi) is 5.68. The SMILES string of the molecule is COc1ccc(CN2C(=O)Cc3c2nc(N)c2c(N)nc(N4CCCCC4)c(C#N)c32)cc1OC. The number of rotatable bonds is 5. The van der Waals surface area contributed by atoms with E-state index in [9.17, 15) is 10.1 Å². The van der Waals surface area contributed by atoms with Gasteiger partial charge in [0.2, 0.25) is 5.91 Å². The van der Waals surface area contributed by atoms with Crippen molar-refractivity contribution in [1.29, 1.82) is 5.26 Å². The Labute approximate surface area is 203 Å². The molecule has 1 amide bonds. The van der Waals surface area contributed by atoms with Crippen molar-refractivity contribution in [3.05, 3.63) is 34.9 Å². The fraction of sp³-hybridized carbons (Fsp3) is 0.360. The van der Waals surface area contributed by atoms with Crippen LogP contribution in [0.1, 0.15) is 36.0 Å². The van der Waals surface area contributed by atoms with Crippen LogP contribution in [0.2, 0.25) is 0 Å². The summed E-state index contributed by atoms with van der Waals surface area (Å²) in [5.41, 5.74) is 14.6. The summed E-state index contributed by atoms with van der Waals surface area (Å²) in [7, 11) is 3.13. The molecule has 0 aliphatic carbocycles. The average Bonchev–Trinajstić information content (AvgIpc) is 3.18. The first-order valence-corrected chi connectivity index (χ1v) is 11.5. The zero-order chi connectivity index (χ0) is 24.7. The largest absolute Gasteiger partial charge is 0.493 e. The van der Waals surface area contributed by atoms with Crippen LogP contribution < -0.4 is 30.7 Å². The van der Waals surface area contributed by atoms with Crippen LogP contribution in [0.25, 0.3) is 10.8 Å². The average molecular weight is 474 g/mol.